The molecule has 0 atom stereocenters. The number of benzene rings is 1. The topological polar surface area (TPSA) is 55.8 Å². The molecule has 0 aliphatic heterocycles. The van der Waals surface area contributed by atoms with Gasteiger partial charge in [-0.3, -0.25) is 0 Å². The monoisotopic (exact) mass is 298 g/mol. The first kappa shape index (κ1) is 13.4. The van der Waals surface area contributed by atoms with Gasteiger partial charge in [0.2, 0.25) is 0 Å². The van der Waals surface area contributed by atoms with Crippen LogP contribution in [-0.4, -0.2) is 30.6 Å². The molecule has 90 valence electrons. The van der Waals surface area contributed by atoms with Gasteiger partial charge in [-0.15, -0.1) is 0 Å². The van der Waals surface area contributed by atoms with Gasteiger partial charge in [-0.2, -0.15) is 0 Å². The van der Waals surface area contributed by atoms with Crippen molar-refractivity contribution in [1.82, 2.24) is 0 Å². The van der Waals surface area contributed by atoms with E-state index in [4.69, 9.17) is 14.6 Å². The maximum absolute atomic E-state index is 11.1. The van der Waals surface area contributed by atoms with Crippen LogP contribution in [-0.2, 0) is 0 Å². The molecule has 0 saturated carbocycles. The summed E-state index contributed by atoms with van der Waals surface area (Å²) in [5.74, 6) is 5.29. The quantitative estimate of drug-likeness (QED) is 0.686. The molecular weight excluding hydrogens is 288 g/mol. The number of carboxylic acids is 1. The molecule has 0 amide bonds. The van der Waals surface area contributed by atoms with Gasteiger partial charge in [-0.1, -0.05) is 27.8 Å². The molecule has 1 N–H and O–H groups in total. The molecule has 0 saturated heterocycles. The lowest BCUT2D eigenvalue weighted by molar-refractivity contribution is 0.0696. The zero-order chi connectivity index (χ0) is 12.8. The van der Waals surface area contributed by atoms with Gasteiger partial charge in [-0.05, 0) is 6.07 Å². The minimum Gasteiger partial charge on any atom is -0.493 e. The lowest BCUT2D eigenvalue weighted by Gasteiger charge is -2.09. The Morgan fingerprint density at radius 3 is 2.41 bits per heavy atom. The Morgan fingerprint density at radius 2 is 1.94 bits per heavy atom. The van der Waals surface area contributed by atoms with Crippen LogP contribution >= 0.6 is 15.9 Å². The summed E-state index contributed by atoms with van der Waals surface area (Å²) in [6.07, 6.45) is 0. The van der Waals surface area contributed by atoms with E-state index in [2.05, 4.69) is 27.8 Å². The average molecular weight is 299 g/mol. The van der Waals surface area contributed by atoms with Crippen LogP contribution in [0.1, 0.15) is 15.9 Å². The minimum atomic E-state index is -1.05. The maximum atomic E-state index is 11.1. The van der Waals surface area contributed by atoms with Gasteiger partial charge in [0.1, 0.15) is 0 Å². The third-order valence-corrected chi connectivity index (χ3v) is 2.32. The second kappa shape index (κ2) is 6.16. The molecule has 0 aliphatic carbocycles. The first-order chi connectivity index (χ1) is 8.13. The highest BCUT2D eigenvalue weighted by molar-refractivity contribution is 9.09. The van der Waals surface area contributed by atoms with Crippen LogP contribution in [0.4, 0.5) is 0 Å². The fraction of sp³-hybridized carbons (Fsp3) is 0.250. The number of carbonyl (C=O) groups is 1. The van der Waals surface area contributed by atoms with E-state index in [0.717, 1.165) is 0 Å². The Kier molecular flexibility index (Phi) is 4.85. The van der Waals surface area contributed by atoms with Crippen molar-refractivity contribution in [3.8, 4) is 23.3 Å². The Balaban J connectivity index is 3.40. The van der Waals surface area contributed by atoms with Crippen molar-refractivity contribution in [2.45, 2.75) is 0 Å². The van der Waals surface area contributed by atoms with Crippen molar-refractivity contribution in [1.29, 1.82) is 0 Å². The third kappa shape index (κ3) is 3.14. The summed E-state index contributed by atoms with van der Waals surface area (Å²) in [7, 11) is 2.94. The summed E-state index contributed by atoms with van der Waals surface area (Å²) < 4.78 is 10.1. The van der Waals surface area contributed by atoms with Crippen LogP contribution in [0, 0.1) is 11.8 Å². The van der Waals surface area contributed by atoms with E-state index in [0.29, 0.717) is 22.4 Å². The second-order valence-corrected chi connectivity index (χ2v) is 3.55. The van der Waals surface area contributed by atoms with Gasteiger partial charge in [0.15, 0.2) is 11.5 Å². The van der Waals surface area contributed by atoms with Crippen LogP contribution < -0.4 is 9.47 Å². The molecular formula is C12H11BrO4. The van der Waals surface area contributed by atoms with Crippen molar-refractivity contribution in [3.05, 3.63) is 23.3 Å². The molecule has 1 aromatic carbocycles. The summed E-state index contributed by atoms with van der Waals surface area (Å²) in [5.41, 5.74) is 0.491. The lowest BCUT2D eigenvalue weighted by atomic mass is 10.1. The number of hydrogen-bond acceptors (Lipinski definition) is 3. The van der Waals surface area contributed by atoms with E-state index < -0.39 is 5.97 Å². The van der Waals surface area contributed by atoms with Crippen molar-refractivity contribution >= 4 is 21.9 Å². The van der Waals surface area contributed by atoms with Gasteiger partial charge in [-0.25, -0.2) is 4.79 Å². The van der Waals surface area contributed by atoms with Crippen LogP contribution in [0.3, 0.4) is 0 Å². The first-order valence-corrected chi connectivity index (χ1v) is 5.80. The van der Waals surface area contributed by atoms with Crippen molar-refractivity contribution in [3.63, 3.8) is 0 Å². The van der Waals surface area contributed by atoms with E-state index >= 15 is 0 Å². The summed E-state index contributed by atoms with van der Waals surface area (Å²) in [6, 6.07) is 2.96. The van der Waals surface area contributed by atoms with Gasteiger partial charge < -0.3 is 14.6 Å². The number of hydrogen-bond donors (Lipinski definition) is 1. The third-order valence-electron chi connectivity index (χ3n) is 2.04. The Labute approximate surface area is 108 Å². The Hall–Kier alpha value is -1.67. The molecule has 0 unspecified atom stereocenters. The summed E-state index contributed by atoms with van der Waals surface area (Å²) in [6.45, 7) is 0. The van der Waals surface area contributed by atoms with Crippen LogP contribution in [0.15, 0.2) is 12.1 Å². The number of ether oxygens (including phenoxy) is 2. The van der Waals surface area contributed by atoms with Crippen LogP contribution in [0.2, 0.25) is 0 Å². The first-order valence-electron chi connectivity index (χ1n) is 4.68. The molecule has 0 spiro atoms. The normalized spacial score (nSPS) is 9.12. The van der Waals surface area contributed by atoms with E-state index in [-0.39, 0.29) is 5.56 Å². The average Bonchev–Trinajstić information content (AvgIpc) is 2.34. The zero-order valence-corrected chi connectivity index (χ0v) is 11.0. The highest BCUT2D eigenvalue weighted by Crippen LogP contribution is 2.30. The SMILES string of the molecule is COc1cc(C#CCBr)c(C(=O)O)cc1OC. The molecule has 0 aromatic heterocycles. The molecule has 0 aliphatic rings. The van der Waals surface area contributed by atoms with Crippen molar-refractivity contribution < 1.29 is 19.4 Å². The molecule has 5 heteroatoms. The predicted molar refractivity (Wildman–Crippen MR) is 67.2 cm³/mol. The number of methoxy groups -OCH3 is 2. The summed E-state index contributed by atoms with van der Waals surface area (Å²) in [4.78, 5) is 11.1. The summed E-state index contributed by atoms with van der Waals surface area (Å²) in [5, 5.41) is 9.55. The van der Waals surface area contributed by atoms with Crippen LogP contribution in [0.5, 0.6) is 11.5 Å². The standard InChI is InChI=1S/C12H11BrO4/c1-16-10-6-8(4-3-5-13)9(12(14)15)7-11(10)17-2/h6-7H,5H2,1-2H3,(H,14,15). The molecule has 4 nitrogen and oxygen atoms in total. The Morgan fingerprint density at radius 1 is 1.35 bits per heavy atom. The molecule has 0 radical (unpaired) electrons. The molecule has 0 bridgehead atoms. The number of carboxylic acid groups (broad SMARTS) is 1. The number of alkyl halides is 1. The number of halogens is 1. The molecule has 17 heavy (non-hydrogen) atoms. The smallest absolute Gasteiger partial charge is 0.337 e. The largest absolute Gasteiger partial charge is 0.493 e. The number of aromatic carboxylic acids is 1. The fourth-order valence-corrected chi connectivity index (χ4v) is 1.43. The predicted octanol–water partition coefficient (Wildman–Crippen LogP) is 2.15. The van der Waals surface area contributed by atoms with E-state index in [1.165, 1.54) is 20.3 Å². The molecule has 1 aromatic rings. The summed E-state index contributed by atoms with van der Waals surface area (Å²) >= 11 is 3.16. The zero-order valence-electron chi connectivity index (χ0n) is 9.41. The van der Waals surface area contributed by atoms with Gasteiger partial charge in [0.05, 0.1) is 25.1 Å². The van der Waals surface area contributed by atoms with E-state index in [1.807, 2.05) is 0 Å². The van der Waals surface area contributed by atoms with Gasteiger partial charge in [0, 0.05) is 11.6 Å². The number of rotatable bonds is 3. The molecule has 0 heterocycles. The molecule has 0 fully saturated rings. The van der Waals surface area contributed by atoms with Gasteiger partial charge in [0.25, 0.3) is 0 Å². The van der Waals surface area contributed by atoms with Gasteiger partial charge >= 0.3 is 5.97 Å². The highest BCUT2D eigenvalue weighted by Gasteiger charge is 2.14. The Bertz CT molecular complexity index is 485. The van der Waals surface area contributed by atoms with Crippen molar-refractivity contribution in [2.24, 2.45) is 0 Å². The molecule has 1 rings (SSSR count). The van der Waals surface area contributed by atoms with Crippen LogP contribution in [0.25, 0.3) is 0 Å². The fourth-order valence-electron chi connectivity index (χ4n) is 1.29. The van der Waals surface area contributed by atoms with Crippen molar-refractivity contribution in [2.75, 3.05) is 19.5 Å². The second-order valence-electron chi connectivity index (χ2n) is 2.99. The highest BCUT2D eigenvalue weighted by atomic mass is 79.9. The minimum absolute atomic E-state index is 0.0936. The maximum Gasteiger partial charge on any atom is 0.337 e. The van der Waals surface area contributed by atoms with E-state index in [9.17, 15) is 4.79 Å². The lowest BCUT2D eigenvalue weighted by Crippen LogP contribution is -2.02. The van der Waals surface area contributed by atoms with E-state index in [1.54, 1.807) is 6.07 Å².